The van der Waals surface area contributed by atoms with E-state index in [1.54, 1.807) is 20.8 Å². The third-order valence-electron chi connectivity index (χ3n) is 3.96. The van der Waals surface area contributed by atoms with Crippen LogP contribution in [0.4, 0.5) is 9.59 Å². The first-order valence-electron chi connectivity index (χ1n) is 10.8. The highest BCUT2D eigenvalue weighted by atomic mass is 17.1. The predicted molar refractivity (Wildman–Crippen MR) is 116 cm³/mol. The Morgan fingerprint density at radius 2 is 1.64 bits per heavy atom. The molecule has 0 fully saturated rings. The molecule has 0 saturated heterocycles. The number of guanidine groups is 1. The summed E-state index contributed by atoms with van der Waals surface area (Å²) in [6, 6.07) is -1.19. The van der Waals surface area contributed by atoms with E-state index in [1.807, 2.05) is 0 Å². The van der Waals surface area contributed by atoms with Gasteiger partial charge in [-0.3, -0.25) is 31.6 Å². The number of carbonyl (C=O) groups is 3. The van der Waals surface area contributed by atoms with E-state index in [0.717, 1.165) is 0 Å². The molecule has 2 atom stereocenters. The lowest BCUT2D eigenvalue weighted by atomic mass is 10.1. The number of carbonyl (C=O) groups excluding carboxylic acids is 2. The largest absolute Gasteiger partial charge is 0.480 e. The number of carboxylic acid groups (broad SMARTS) is 1. The Morgan fingerprint density at radius 3 is 2.19 bits per heavy atom. The van der Waals surface area contributed by atoms with E-state index in [9.17, 15) is 19.5 Å². The average Bonchev–Trinajstić information content (AvgIpc) is 2.71. The minimum atomic E-state index is -1.24. The summed E-state index contributed by atoms with van der Waals surface area (Å²) in [5, 5.41) is 57.1. The first kappa shape index (κ1) is 33.2. The Kier molecular flexibility index (Phi) is 16.2. The molecule has 18 nitrogen and oxygen atoms in total. The van der Waals surface area contributed by atoms with Crippen molar-refractivity contribution in [3.8, 4) is 0 Å². The fourth-order valence-electron chi connectivity index (χ4n) is 2.50. The highest BCUT2D eigenvalue weighted by Crippen LogP contribution is 2.08. The molecule has 0 aliphatic rings. The minimum Gasteiger partial charge on any atom is -0.480 e. The lowest BCUT2D eigenvalue weighted by molar-refractivity contribution is -0.527. The van der Waals surface area contributed by atoms with Gasteiger partial charge >= 0.3 is 18.2 Å². The monoisotopic (exact) mass is 528 g/mol. The minimum absolute atomic E-state index is 0.0442. The average molecular weight is 529 g/mol. The molecule has 0 aliphatic carbocycles. The first-order valence-corrected chi connectivity index (χ1v) is 10.8. The summed E-state index contributed by atoms with van der Waals surface area (Å²) in [5.74, 6) is -1.61. The van der Waals surface area contributed by atoms with Gasteiger partial charge in [-0.15, -0.1) is 0 Å². The topological polar surface area (TPSA) is 256 Å². The Morgan fingerprint density at radius 1 is 0.972 bits per heavy atom. The van der Waals surface area contributed by atoms with Crippen molar-refractivity contribution in [3.05, 3.63) is 0 Å². The number of ether oxygens (including phenoxy) is 2. The number of hydrogen-bond donors (Lipinski definition) is 9. The van der Waals surface area contributed by atoms with E-state index >= 15 is 0 Å². The van der Waals surface area contributed by atoms with Crippen LogP contribution >= 0.6 is 0 Å². The van der Waals surface area contributed by atoms with Gasteiger partial charge in [0.15, 0.2) is 5.96 Å². The second-order valence-electron chi connectivity index (χ2n) is 8.27. The zero-order chi connectivity index (χ0) is 27.7. The highest BCUT2D eigenvalue weighted by molar-refractivity contribution is 5.91. The maximum atomic E-state index is 11.7. The number of nitrogens with one attached hydrogen (secondary N) is 4. The third-order valence-corrected chi connectivity index (χ3v) is 3.96. The van der Waals surface area contributed by atoms with Gasteiger partial charge in [0, 0.05) is 6.54 Å². The number of alkyl carbamates (subject to hydrolysis) is 2. The molecule has 0 aromatic rings. The standard InChI is InChI=1S/C18H36N6O12/c1-18(2,3)35-17(28)21-13(14(25)26)8-6-9-20-15(19)22-16(27)33-10-5-4-7-12(36-24(31)32)11-34-23(29)30/h12-13,29-32H,4-11H2,1-3H3,(H,21,28)(H,25,26)(H3,19,20,22,27). The van der Waals surface area contributed by atoms with E-state index in [-0.39, 0.29) is 38.4 Å². The van der Waals surface area contributed by atoms with Crippen molar-refractivity contribution in [3.63, 3.8) is 0 Å². The van der Waals surface area contributed by atoms with Gasteiger partial charge in [-0.05, 0) is 52.9 Å². The van der Waals surface area contributed by atoms with Crippen molar-refractivity contribution in [2.24, 2.45) is 0 Å². The highest BCUT2D eigenvalue weighted by Gasteiger charge is 2.23. The van der Waals surface area contributed by atoms with E-state index in [1.165, 1.54) is 0 Å². The fraction of sp³-hybridized carbons (Fsp3) is 0.778. The van der Waals surface area contributed by atoms with Crippen LogP contribution in [-0.2, 0) is 23.9 Å². The molecule has 0 aromatic carbocycles. The maximum Gasteiger partial charge on any atom is 0.413 e. The van der Waals surface area contributed by atoms with Gasteiger partial charge in [-0.25, -0.2) is 24.1 Å². The number of aliphatic carboxylic acids is 1. The van der Waals surface area contributed by atoms with Crippen LogP contribution in [0.5, 0.6) is 0 Å². The number of carboxylic acids is 1. The summed E-state index contributed by atoms with van der Waals surface area (Å²) in [7, 11) is 0. The molecule has 0 aliphatic heterocycles. The second-order valence-corrected chi connectivity index (χ2v) is 8.27. The van der Waals surface area contributed by atoms with E-state index in [0.29, 0.717) is 12.8 Å². The van der Waals surface area contributed by atoms with Crippen LogP contribution < -0.4 is 16.0 Å². The summed E-state index contributed by atoms with van der Waals surface area (Å²) in [5.41, 5.74) is -0.777. The molecule has 0 radical (unpaired) electrons. The Balaban J connectivity index is 4.11. The predicted octanol–water partition coefficient (Wildman–Crippen LogP) is 0.558. The number of unbranched alkanes of at least 4 members (excludes halogenated alkanes) is 1. The fourth-order valence-corrected chi connectivity index (χ4v) is 2.50. The smallest absolute Gasteiger partial charge is 0.413 e. The van der Waals surface area contributed by atoms with E-state index in [4.69, 9.17) is 35.7 Å². The molecule has 0 heterocycles. The van der Waals surface area contributed by atoms with Crippen molar-refractivity contribution in [1.29, 1.82) is 5.41 Å². The van der Waals surface area contributed by atoms with Crippen LogP contribution in [0.2, 0.25) is 0 Å². The van der Waals surface area contributed by atoms with Gasteiger partial charge in [0.25, 0.3) is 0 Å². The quantitative estimate of drug-likeness (QED) is 0.0573. The molecule has 18 heteroatoms. The number of amides is 2. The normalized spacial score (nSPS) is 13.1. The summed E-state index contributed by atoms with van der Waals surface area (Å²) < 4.78 is 9.92. The molecule has 0 aromatic heterocycles. The SMILES string of the molecule is CC(C)(C)OC(=O)NC(CCCNC(=N)NC(=O)OCCCCC(CON(O)O)ON(O)O)C(=O)O. The maximum absolute atomic E-state index is 11.7. The molecule has 0 rings (SSSR count). The molecule has 9 N–H and O–H groups in total. The van der Waals surface area contributed by atoms with Crippen molar-refractivity contribution in [1.82, 2.24) is 26.7 Å². The molecule has 0 saturated carbocycles. The Hall–Kier alpha value is -2.84. The zero-order valence-corrected chi connectivity index (χ0v) is 20.3. The Labute approximate surface area is 206 Å². The van der Waals surface area contributed by atoms with Crippen molar-refractivity contribution >= 4 is 24.1 Å². The molecule has 36 heavy (non-hydrogen) atoms. The number of hydrogen-bond acceptors (Lipinski definition) is 14. The van der Waals surface area contributed by atoms with Crippen molar-refractivity contribution in [2.75, 3.05) is 19.8 Å². The Bertz CT molecular complexity index is 688. The second kappa shape index (κ2) is 17.6. The molecule has 2 amide bonds. The van der Waals surface area contributed by atoms with Crippen LogP contribution in [0.1, 0.15) is 52.9 Å². The summed E-state index contributed by atoms with van der Waals surface area (Å²) >= 11 is 0. The molecular weight excluding hydrogens is 492 g/mol. The van der Waals surface area contributed by atoms with Gasteiger partial charge < -0.3 is 25.2 Å². The van der Waals surface area contributed by atoms with Crippen molar-refractivity contribution in [2.45, 2.75) is 70.6 Å². The lowest BCUT2D eigenvalue weighted by Gasteiger charge is -2.22. The van der Waals surface area contributed by atoms with Gasteiger partial charge in [0.1, 0.15) is 24.4 Å². The summed E-state index contributed by atoms with van der Waals surface area (Å²) in [6.45, 7) is 4.60. The van der Waals surface area contributed by atoms with Crippen molar-refractivity contribution < 1.29 is 59.5 Å². The molecule has 0 bridgehead atoms. The van der Waals surface area contributed by atoms with Crippen LogP contribution in [-0.4, -0.2) is 98.3 Å². The molecular formula is C18H36N6O12. The van der Waals surface area contributed by atoms with Gasteiger partial charge in [-0.1, -0.05) is 0 Å². The van der Waals surface area contributed by atoms with E-state index in [2.05, 4.69) is 25.6 Å². The van der Waals surface area contributed by atoms with Crippen LogP contribution in [0.25, 0.3) is 0 Å². The molecule has 0 spiro atoms. The van der Waals surface area contributed by atoms with Gasteiger partial charge in [-0.2, -0.15) is 0 Å². The van der Waals surface area contributed by atoms with Gasteiger partial charge in [0.2, 0.25) is 0 Å². The third kappa shape index (κ3) is 19.5. The van der Waals surface area contributed by atoms with Crippen LogP contribution in [0, 0.1) is 5.41 Å². The summed E-state index contributed by atoms with van der Waals surface area (Å²) in [4.78, 5) is 43.6. The first-order chi connectivity index (χ1) is 16.7. The molecule has 210 valence electrons. The van der Waals surface area contributed by atoms with Crippen LogP contribution in [0.3, 0.4) is 0 Å². The van der Waals surface area contributed by atoms with Crippen LogP contribution in [0.15, 0.2) is 0 Å². The van der Waals surface area contributed by atoms with E-state index < -0.39 is 53.3 Å². The molecule has 2 unspecified atom stereocenters. The number of nitrogens with zero attached hydrogens (tertiary/aromatic N) is 2. The zero-order valence-electron chi connectivity index (χ0n) is 20.3. The summed E-state index contributed by atoms with van der Waals surface area (Å²) in [6.07, 6.45) is -1.55. The number of rotatable bonds is 16. The van der Waals surface area contributed by atoms with Gasteiger partial charge in [0.05, 0.1) is 17.4 Å². The lowest BCUT2D eigenvalue weighted by Crippen LogP contribution is -2.44.